The van der Waals surface area contributed by atoms with E-state index in [9.17, 15) is 9.18 Å². The summed E-state index contributed by atoms with van der Waals surface area (Å²) in [5, 5.41) is 2.76. The molecule has 0 radical (unpaired) electrons. The van der Waals surface area contributed by atoms with Crippen LogP contribution in [0.3, 0.4) is 0 Å². The van der Waals surface area contributed by atoms with Crippen LogP contribution >= 0.6 is 0 Å². The van der Waals surface area contributed by atoms with Gasteiger partial charge in [0.2, 0.25) is 5.91 Å². The monoisotopic (exact) mass is 299 g/mol. The molecule has 2 aromatic carbocycles. The lowest BCUT2D eigenvalue weighted by molar-refractivity contribution is -0.111. The van der Waals surface area contributed by atoms with Crippen molar-refractivity contribution in [2.75, 3.05) is 11.9 Å². The summed E-state index contributed by atoms with van der Waals surface area (Å²) in [6.45, 7) is 2.61. The van der Waals surface area contributed by atoms with Crippen molar-refractivity contribution in [2.24, 2.45) is 0 Å². The van der Waals surface area contributed by atoms with Gasteiger partial charge >= 0.3 is 0 Å². The van der Waals surface area contributed by atoms with Crippen molar-refractivity contribution in [1.29, 1.82) is 0 Å². The molecule has 0 bridgehead atoms. The highest BCUT2D eigenvalue weighted by molar-refractivity contribution is 6.02. The Labute approximate surface area is 129 Å². The van der Waals surface area contributed by atoms with Crippen LogP contribution in [0.5, 0.6) is 5.75 Å². The van der Waals surface area contributed by atoms with Crippen molar-refractivity contribution < 1.29 is 13.9 Å². The maximum atomic E-state index is 13.1. The molecule has 0 heterocycles. The number of hydrogen-bond donors (Lipinski definition) is 1. The molecule has 0 atom stereocenters. The molecule has 0 fully saturated rings. The van der Waals surface area contributed by atoms with Gasteiger partial charge < -0.3 is 10.1 Å². The van der Waals surface area contributed by atoms with Gasteiger partial charge in [0.25, 0.3) is 0 Å². The van der Waals surface area contributed by atoms with Crippen LogP contribution in [0.15, 0.2) is 54.6 Å². The quantitative estimate of drug-likeness (QED) is 0.809. The summed E-state index contributed by atoms with van der Waals surface area (Å²) in [7, 11) is 0. The number of hydrogen-bond acceptors (Lipinski definition) is 2. The Kier molecular flexibility index (Phi) is 5.72. The number of nitrogens with one attached hydrogen (secondary N) is 1. The predicted octanol–water partition coefficient (Wildman–Crippen LogP) is 4.27. The van der Waals surface area contributed by atoms with Gasteiger partial charge in [0.05, 0.1) is 12.3 Å². The zero-order valence-electron chi connectivity index (χ0n) is 12.4. The number of carbonyl (C=O) groups is 1. The minimum absolute atomic E-state index is 0.295. The standard InChI is InChI=1S/C18H18FNO2/c1-2-12-22-17-9-4-3-8-16(17)20-18(21)11-10-14-6-5-7-15(19)13-14/h3-11,13H,2,12H2,1H3,(H,20,21)/b11-10+. The molecule has 3 nitrogen and oxygen atoms in total. The van der Waals surface area contributed by atoms with E-state index in [0.717, 1.165) is 6.42 Å². The fourth-order valence-corrected chi connectivity index (χ4v) is 1.86. The number of ether oxygens (including phenoxy) is 1. The van der Waals surface area contributed by atoms with E-state index in [0.29, 0.717) is 23.6 Å². The second-order valence-electron chi connectivity index (χ2n) is 4.72. The Morgan fingerprint density at radius 2 is 2.05 bits per heavy atom. The minimum Gasteiger partial charge on any atom is -0.491 e. The molecule has 0 aliphatic carbocycles. The molecule has 0 aliphatic heterocycles. The topological polar surface area (TPSA) is 38.3 Å². The van der Waals surface area contributed by atoms with Gasteiger partial charge in [-0.15, -0.1) is 0 Å². The molecule has 2 aromatic rings. The molecule has 4 heteroatoms. The van der Waals surface area contributed by atoms with Crippen LogP contribution in [0.1, 0.15) is 18.9 Å². The molecule has 0 saturated heterocycles. The van der Waals surface area contributed by atoms with Crippen molar-refractivity contribution >= 4 is 17.7 Å². The van der Waals surface area contributed by atoms with Crippen LogP contribution in [0, 0.1) is 5.82 Å². The third-order valence-corrected chi connectivity index (χ3v) is 2.88. The van der Waals surface area contributed by atoms with Crippen molar-refractivity contribution in [3.8, 4) is 5.75 Å². The molecule has 0 spiro atoms. The van der Waals surface area contributed by atoms with E-state index in [1.807, 2.05) is 25.1 Å². The van der Waals surface area contributed by atoms with Gasteiger partial charge in [0.15, 0.2) is 0 Å². The molecule has 0 aromatic heterocycles. The molecular weight excluding hydrogens is 281 g/mol. The zero-order chi connectivity index (χ0) is 15.8. The maximum Gasteiger partial charge on any atom is 0.248 e. The van der Waals surface area contributed by atoms with Crippen molar-refractivity contribution in [2.45, 2.75) is 13.3 Å². The molecule has 1 N–H and O–H groups in total. The number of halogens is 1. The van der Waals surface area contributed by atoms with Gasteiger partial charge in [0.1, 0.15) is 11.6 Å². The number of anilines is 1. The number of amides is 1. The Hall–Kier alpha value is -2.62. The van der Waals surface area contributed by atoms with Crippen LogP contribution in [-0.2, 0) is 4.79 Å². The molecular formula is C18H18FNO2. The van der Waals surface area contributed by atoms with Gasteiger partial charge in [-0.3, -0.25) is 4.79 Å². The fraction of sp³-hybridized carbons (Fsp3) is 0.167. The third-order valence-electron chi connectivity index (χ3n) is 2.88. The lowest BCUT2D eigenvalue weighted by Crippen LogP contribution is -2.09. The first-order valence-electron chi connectivity index (χ1n) is 7.15. The smallest absolute Gasteiger partial charge is 0.248 e. The molecule has 114 valence electrons. The van der Waals surface area contributed by atoms with Gasteiger partial charge in [-0.05, 0) is 42.3 Å². The molecule has 22 heavy (non-hydrogen) atoms. The fourth-order valence-electron chi connectivity index (χ4n) is 1.86. The lowest BCUT2D eigenvalue weighted by atomic mass is 10.2. The zero-order valence-corrected chi connectivity index (χ0v) is 12.4. The van der Waals surface area contributed by atoms with E-state index < -0.39 is 0 Å². The third kappa shape index (κ3) is 4.74. The highest BCUT2D eigenvalue weighted by atomic mass is 19.1. The van der Waals surface area contributed by atoms with Gasteiger partial charge in [-0.25, -0.2) is 4.39 Å². The van der Waals surface area contributed by atoms with E-state index in [2.05, 4.69) is 5.32 Å². The van der Waals surface area contributed by atoms with Gasteiger partial charge in [-0.1, -0.05) is 31.2 Å². The first kappa shape index (κ1) is 15.8. The summed E-state index contributed by atoms with van der Waals surface area (Å²) in [5.41, 5.74) is 1.25. The molecule has 2 rings (SSSR count). The first-order valence-corrected chi connectivity index (χ1v) is 7.15. The molecule has 1 amide bonds. The summed E-state index contributed by atoms with van der Waals surface area (Å²) >= 11 is 0. The van der Waals surface area contributed by atoms with E-state index in [4.69, 9.17) is 4.74 Å². The molecule has 0 saturated carbocycles. The van der Waals surface area contributed by atoms with E-state index in [1.165, 1.54) is 18.2 Å². The Bertz CT molecular complexity index is 668. The highest BCUT2D eigenvalue weighted by Gasteiger charge is 2.05. The Morgan fingerprint density at radius 3 is 2.82 bits per heavy atom. The number of rotatable bonds is 6. The highest BCUT2D eigenvalue weighted by Crippen LogP contribution is 2.23. The summed E-state index contributed by atoms with van der Waals surface area (Å²) in [4.78, 5) is 11.9. The SMILES string of the molecule is CCCOc1ccccc1NC(=O)/C=C/c1cccc(F)c1. The molecule has 0 aliphatic rings. The van der Waals surface area contributed by atoms with Crippen LogP contribution < -0.4 is 10.1 Å². The largest absolute Gasteiger partial charge is 0.491 e. The summed E-state index contributed by atoms with van der Waals surface area (Å²) in [6.07, 6.45) is 3.82. The van der Waals surface area contributed by atoms with Crippen LogP contribution in [-0.4, -0.2) is 12.5 Å². The number of para-hydroxylation sites is 2. The van der Waals surface area contributed by atoms with Crippen molar-refractivity contribution in [1.82, 2.24) is 0 Å². The lowest BCUT2D eigenvalue weighted by Gasteiger charge is -2.10. The number of carbonyl (C=O) groups excluding carboxylic acids is 1. The minimum atomic E-state index is -0.333. The Balaban J connectivity index is 2.03. The number of benzene rings is 2. The summed E-state index contributed by atoms with van der Waals surface area (Å²) in [5.74, 6) is 0.00883. The summed E-state index contributed by atoms with van der Waals surface area (Å²) in [6, 6.07) is 13.3. The van der Waals surface area contributed by atoms with Crippen LogP contribution in [0.4, 0.5) is 10.1 Å². The van der Waals surface area contributed by atoms with Crippen molar-refractivity contribution in [3.63, 3.8) is 0 Å². The van der Waals surface area contributed by atoms with Gasteiger partial charge in [-0.2, -0.15) is 0 Å². The average molecular weight is 299 g/mol. The Morgan fingerprint density at radius 1 is 1.23 bits per heavy atom. The van der Waals surface area contributed by atoms with Crippen molar-refractivity contribution in [3.05, 3.63) is 66.0 Å². The average Bonchev–Trinajstić information content (AvgIpc) is 2.52. The van der Waals surface area contributed by atoms with E-state index >= 15 is 0 Å². The molecule has 0 unspecified atom stereocenters. The second kappa shape index (κ2) is 7.98. The first-order chi connectivity index (χ1) is 10.7. The van der Waals surface area contributed by atoms with E-state index in [1.54, 1.807) is 24.3 Å². The van der Waals surface area contributed by atoms with E-state index in [-0.39, 0.29) is 11.7 Å². The summed E-state index contributed by atoms with van der Waals surface area (Å²) < 4.78 is 18.6. The normalized spacial score (nSPS) is 10.6. The van der Waals surface area contributed by atoms with Gasteiger partial charge in [0, 0.05) is 6.08 Å². The van der Waals surface area contributed by atoms with Crippen LogP contribution in [0.2, 0.25) is 0 Å². The van der Waals surface area contributed by atoms with Crippen LogP contribution in [0.25, 0.3) is 6.08 Å². The predicted molar refractivity (Wildman–Crippen MR) is 86.3 cm³/mol. The maximum absolute atomic E-state index is 13.1. The second-order valence-corrected chi connectivity index (χ2v) is 4.72.